The molecule has 68 valence electrons. The molecule has 0 spiro atoms. The topological polar surface area (TPSA) is 3.24 Å². The molecular weight excluding hydrogens is 170 g/mol. The van der Waals surface area contributed by atoms with Crippen LogP contribution in [0, 0.1) is 0 Å². The summed E-state index contributed by atoms with van der Waals surface area (Å²) >= 11 is 0. The maximum Gasteiger partial charge on any atom is 0.0361 e. The highest BCUT2D eigenvalue weighted by Crippen LogP contribution is 2.11. The van der Waals surface area contributed by atoms with Crippen LogP contribution >= 0.6 is 12.4 Å². The van der Waals surface area contributed by atoms with E-state index in [9.17, 15) is 0 Å². The fourth-order valence-electron chi connectivity index (χ4n) is 1.03. The van der Waals surface area contributed by atoms with E-state index in [1.54, 1.807) is 0 Å². The zero-order valence-corrected chi connectivity index (χ0v) is 8.69. The van der Waals surface area contributed by atoms with Crippen molar-refractivity contribution < 1.29 is 0 Å². The fraction of sp³-hybridized carbons (Fsp3) is 0.400. The number of benzene rings is 1. The van der Waals surface area contributed by atoms with Gasteiger partial charge in [0.15, 0.2) is 0 Å². The number of rotatable bonds is 2. The van der Waals surface area contributed by atoms with Gasteiger partial charge in [0.05, 0.1) is 0 Å². The molecule has 0 aromatic heterocycles. The average Bonchev–Trinajstić information content (AvgIpc) is 2.05. The number of hydrogen-bond donors (Lipinski definition) is 0. The van der Waals surface area contributed by atoms with Gasteiger partial charge in [-0.05, 0) is 24.1 Å². The molecule has 0 aliphatic heterocycles. The molecule has 1 aromatic rings. The lowest BCUT2D eigenvalue weighted by Gasteiger charge is -2.11. The van der Waals surface area contributed by atoms with Crippen molar-refractivity contribution >= 4 is 18.1 Å². The van der Waals surface area contributed by atoms with Crippen LogP contribution in [0.15, 0.2) is 24.3 Å². The van der Waals surface area contributed by atoms with Crippen molar-refractivity contribution in [2.24, 2.45) is 0 Å². The second kappa shape index (κ2) is 5.04. The predicted molar refractivity (Wildman–Crippen MR) is 57.4 cm³/mol. The van der Waals surface area contributed by atoms with Gasteiger partial charge in [-0.3, -0.25) is 0 Å². The van der Waals surface area contributed by atoms with Crippen LogP contribution in [0.2, 0.25) is 0 Å². The first-order chi connectivity index (χ1) is 5.24. The second-order valence-corrected chi connectivity index (χ2v) is 2.91. The average molecular weight is 186 g/mol. The maximum atomic E-state index is 2.18. The summed E-state index contributed by atoms with van der Waals surface area (Å²) in [4.78, 5) is 2.11. The van der Waals surface area contributed by atoms with E-state index >= 15 is 0 Å². The summed E-state index contributed by atoms with van der Waals surface area (Å²) < 4.78 is 0. The Morgan fingerprint density at radius 3 is 1.92 bits per heavy atom. The number of anilines is 1. The molecule has 0 saturated heterocycles. The first-order valence-electron chi connectivity index (χ1n) is 4.00. The largest absolute Gasteiger partial charge is 0.378 e. The van der Waals surface area contributed by atoms with Gasteiger partial charge in [-0.25, -0.2) is 0 Å². The third-order valence-corrected chi connectivity index (χ3v) is 1.86. The molecule has 0 heterocycles. The molecular formula is C10H16ClN. The molecule has 0 bridgehead atoms. The predicted octanol–water partition coefficient (Wildman–Crippen LogP) is 2.74. The zero-order valence-electron chi connectivity index (χ0n) is 7.87. The van der Waals surface area contributed by atoms with Gasteiger partial charge in [0.2, 0.25) is 0 Å². The molecule has 0 amide bonds. The summed E-state index contributed by atoms with van der Waals surface area (Å²) in [5.74, 6) is 0. The summed E-state index contributed by atoms with van der Waals surface area (Å²) in [6.07, 6.45) is 1.12. The maximum absolute atomic E-state index is 2.18. The Morgan fingerprint density at radius 2 is 1.58 bits per heavy atom. The van der Waals surface area contributed by atoms with E-state index < -0.39 is 0 Å². The molecule has 1 rings (SSSR count). The monoisotopic (exact) mass is 185 g/mol. The first kappa shape index (κ1) is 11.3. The molecule has 1 nitrogen and oxygen atoms in total. The van der Waals surface area contributed by atoms with Gasteiger partial charge in [0.25, 0.3) is 0 Å². The minimum atomic E-state index is 0. The van der Waals surface area contributed by atoms with Gasteiger partial charge >= 0.3 is 0 Å². The Labute approximate surface area is 80.8 Å². The van der Waals surface area contributed by atoms with Crippen LogP contribution in [-0.4, -0.2) is 14.1 Å². The van der Waals surface area contributed by atoms with E-state index in [0.717, 1.165) is 6.42 Å². The van der Waals surface area contributed by atoms with Crippen molar-refractivity contribution in [2.75, 3.05) is 19.0 Å². The smallest absolute Gasteiger partial charge is 0.0361 e. The summed E-state index contributed by atoms with van der Waals surface area (Å²) in [5, 5.41) is 0. The Bertz CT molecular complexity index is 216. The second-order valence-electron chi connectivity index (χ2n) is 2.91. The highest BCUT2D eigenvalue weighted by Gasteiger charge is 1.92. The minimum Gasteiger partial charge on any atom is -0.378 e. The van der Waals surface area contributed by atoms with Crippen molar-refractivity contribution in [3.8, 4) is 0 Å². The third kappa shape index (κ3) is 2.74. The Hall–Kier alpha value is -0.690. The fourth-order valence-corrected chi connectivity index (χ4v) is 1.03. The summed E-state index contributed by atoms with van der Waals surface area (Å²) in [7, 11) is 4.11. The van der Waals surface area contributed by atoms with E-state index in [1.807, 2.05) is 0 Å². The molecule has 12 heavy (non-hydrogen) atoms. The van der Waals surface area contributed by atoms with Gasteiger partial charge in [-0.1, -0.05) is 19.1 Å². The van der Waals surface area contributed by atoms with E-state index in [1.165, 1.54) is 11.3 Å². The number of halogens is 1. The summed E-state index contributed by atoms with van der Waals surface area (Å²) in [5.41, 5.74) is 2.66. The summed E-state index contributed by atoms with van der Waals surface area (Å²) in [6, 6.07) is 8.66. The van der Waals surface area contributed by atoms with Gasteiger partial charge in [-0.15, -0.1) is 12.4 Å². The molecule has 0 fully saturated rings. The van der Waals surface area contributed by atoms with Crippen LogP contribution in [0.1, 0.15) is 12.5 Å². The lowest BCUT2D eigenvalue weighted by atomic mass is 10.1. The van der Waals surface area contributed by atoms with Gasteiger partial charge < -0.3 is 4.90 Å². The molecule has 0 atom stereocenters. The molecule has 0 unspecified atom stereocenters. The van der Waals surface area contributed by atoms with E-state index in [2.05, 4.69) is 50.2 Å². The number of aryl methyl sites for hydroxylation is 1. The minimum absolute atomic E-state index is 0. The van der Waals surface area contributed by atoms with Gasteiger partial charge in [-0.2, -0.15) is 0 Å². The quantitative estimate of drug-likeness (QED) is 0.685. The lowest BCUT2D eigenvalue weighted by molar-refractivity contribution is 1.11. The Balaban J connectivity index is 0.00000121. The number of hydrogen-bond acceptors (Lipinski definition) is 1. The Morgan fingerprint density at radius 1 is 1.08 bits per heavy atom. The highest BCUT2D eigenvalue weighted by atomic mass is 35.5. The van der Waals surface area contributed by atoms with E-state index in [0.29, 0.717) is 0 Å². The van der Waals surface area contributed by atoms with Crippen molar-refractivity contribution in [2.45, 2.75) is 13.3 Å². The molecule has 0 N–H and O–H groups in total. The standard InChI is InChI=1S/C10H15N.ClH/c1-4-9-5-7-10(8-6-9)11(2)3;/h5-8H,4H2,1-3H3;1H. The molecule has 0 radical (unpaired) electrons. The molecule has 0 saturated carbocycles. The van der Waals surface area contributed by atoms with Crippen LogP contribution in [0.25, 0.3) is 0 Å². The van der Waals surface area contributed by atoms with Gasteiger partial charge in [0.1, 0.15) is 0 Å². The zero-order chi connectivity index (χ0) is 8.27. The number of nitrogens with zero attached hydrogens (tertiary/aromatic N) is 1. The SMILES string of the molecule is CCc1ccc(N(C)C)cc1.Cl. The van der Waals surface area contributed by atoms with Crippen LogP contribution in [0.5, 0.6) is 0 Å². The highest BCUT2D eigenvalue weighted by molar-refractivity contribution is 5.85. The van der Waals surface area contributed by atoms with E-state index in [-0.39, 0.29) is 12.4 Å². The van der Waals surface area contributed by atoms with Crippen molar-refractivity contribution in [3.05, 3.63) is 29.8 Å². The van der Waals surface area contributed by atoms with Crippen LogP contribution < -0.4 is 4.90 Å². The van der Waals surface area contributed by atoms with Crippen LogP contribution in [0.3, 0.4) is 0 Å². The van der Waals surface area contributed by atoms with Gasteiger partial charge in [0, 0.05) is 19.8 Å². The van der Waals surface area contributed by atoms with E-state index in [4.69, 9.17) is 0 Å². The lowest BCUT2D eigenvalue weighted by Crippen LogP contribution is -2.08. The van der Waals surface area contributed by atoms with Crippen molar-refractivity contribution in [3.63, 3.8) is 0 Å². The molecule has 0 aliphatic carbocycles. The Kier molecular flexibility index (Phi) is 4.75. The van der Waals surface area contributed by atoms with Crippen LogP contribution in [-0.2, 0) is 6.42 Å². The third-order valence-electron chi connectivity index (χ3n) is 1.86. The van der Waals surface area contributed by atoms with Crippen molar-refractivity contribution in [1.29, 1.82) is 0 Å². The molecule has 2 heteroatoms. The first-order valence-corrected chi connectivity index (χ1v) is 4.00. The molecule has 1 aromatic carbocycles. The summed E-state index contributed by atoms with van der Waals surface area (Å²) in [6.45, 7) is 2.17. The molecule has 0 aliphatic rings. The normalized spacial score (nSPS) is 8.92. The van der Waals surface area contributed by atoms with Crippen molar-refractivity contribution in [1.82, 2.24) is 0 Å². The van der Waals surface area contributed by atoms with Crippen LogP contribution in [0.4, 0.5) is 5.69 Å².